The summed E-state index contributed by atoms with van der Waals surface area (Å²) in [6.07, 6.45) is 1.71. The summed E-state index contributed by atoms with van der Waals surface area (Å²) >= 11 is 1.43. The van der Waals surface area contributed by atoms with Gasteiger partial charge in [0.15, 0.2) is 0 Å². The van der Waals surface area contributed by atoms with Gasteiger partial charge < -0.3 is 15.3 Å². The van der Waals surface area contributed by atoms with Gasteiger partial charge in [-0.1, -0.05) is 6.07 Å². The van der Waals surface area contributed by atoms with Crippen molar-refractivity contribution in [2.45, 2.75) is 6.04 Å². The van der Waals surface area contributed by atoms with Crippen molar-refractivity contribution in [2.24, 2.45) is 0 Å². The number of nitrogens with zero attached hydrogens (tertiary/aromatic N) is 2. The Balaban J connectivity index is 1.78. The van der Waals surface area contributed by atoms with Gasteiger partial charge in [0, 0.05) is 23.0 Å². The number of carboxylic acid groups (broad SMARTS) is 1. The maximum atomic E-state index is 12.2. The van der Waals surface area contributed by atoms with Crippen LogP contribution in [0, 0.1) is 0 Å². The molecular formula is C14H13N3O3S. The van der Waals surface area contributed by atoms with E-state index in [1.54, 1.807) is 12.3 Å². The number of anilines is 1. The third kappa shape index (κ3) is 2.78. The van der Waals surface area contributed by atoms with Crippen LogP contribution >= 0.6 is 11.8 Å². The molecule has 2 N–H and O–H groups in total. The van der Waals surface area contributed by atoms with E-state index < -0.39 is 18.0 Å². The van der Waals surface area contributed by atoms with Gasteiger partial charge >= 0.3 is 12.0 Å². The maximum Gasteiger partial charge on any atom is 0.327 e. The fourth-order valence-electron chi connectivity index (χ4n) is 2.20. The number of carbonyl (C=O) groups is 2. The standard InChI is InChI=1S/C14H13N3O3S/c18-13(19)12-7-21-8-17(12)14(20)16-10-3-4-11-9(6-10)2-1-5-15-11/h1-6,12H,7-8H2,(H,16,20)(H,18,19). The second-order valence-electron chi connectivity index (χ2n) is 4.66. The molecule has 0 radical (unpaired) electrons. The first-order valence-electron chi connectivity index (χ1n) is 6.38. The Hall–Kier alpha value is -2.28. The van der Waals surface area contributed by atoms with Crippen LogP contribution < -0.4 is 5.32 Å². The zero-order chi connectivity index (χ0) is 14.8. The Morgan fingerprint density at radius 2 is 2.24 bits per heavy atom. The van der Waals surface area contributed by atoms with E-state index in [0.29, 0.717) is 17.3 Å². The minimum Gasteiger partial charge on any atom is -0.480 e. The van der Waals surface area contributed by atoms with Gasteiger partial charge in [-0.15, -0.1) is 11.8 Å². The van der Waals surface area contributed by atoms with Crippen LogP contribution in [0.2, 0.25) is 0 Å². The molecule has 1 aliphatic heterocycles. The Bertz CT molecular complexity index is 707. The molecule has 21 heavy (non-hydrogen) atoms. The summed E-state index contributed by atoms with van der Waals surface area (Å²) in [6.45, 7) is 0. The summed E-state index contributed by atoms with van der Waals surface area (Å²) < 4.78 is 0. The van der Waals surface area contributed by atoms with E-state index in [2.05, 4.69) is 10.3 Å². The van der Waals surface area contributed by atoms with Crippen molar-refractivity contribution in [3.63, 3.8) is 0 Å². The normalized spacial score (nSPS) is 17.9. The molecule has 2 heterocycles. The van der Waals surface area contributed by atoms with Gasteiger partial charge in [-0.05, 0) is 24.3 Å². The smallest absolute Gasteiger partial charge is 0.327 e. The van der Waals surface area contributed by atoms with Crippen LogP contribution in [-0.4, -0.2) is 44.7 Å². The molecule has 1 aliphatic rings. The molecule has 0 saturated carbocycles. The van der Waals surface area contributed by atoms with Crippen molar-refractivity contribution >= 4 is 40.4 Å². The van der Waals surface area contributed by atoms with E-state index in [9.17, 15) is 9.59 Å². The lowest BCUT2D eigenvalue weighted by molar-refractivity contribution is -0.140. The predicted molar refractivity (Wildman–Crippen MR) is 81.3 cm³/mol. The highest BCUT2D eigenvalue weighted by Crippen LogP contribution is 2.23. The van der Waals surface area contributed by atoms with Gasteiger partial charge in [0.1, 0.15) is 6.04 Å². The number of aromatic nitrogens is 1. The molecule has 2 aromatic rings. The summed E-state index contributed by atoms with van der Waals surface area (Å²) in [5, 5.41) is 12.8. The fraction of sp³-hybridized carbons (Fsp3) is 0.214. The van der Waals surface area contributed by atoms with E-state index in [0.717, 1.165) is 10.9 Å². The first kappa shape index (κ1) is 13.7. The highest BCUT2D eigenvalue weighted by Gasteiger charge is 2.34. The third-order valence-electron chi connectivity index (χ3n) is 3.28. The minimum atomic E-state index is -0.974. The van der Waals surface area contributed by atoms with Crippen molar-refractivity contribution in [2.75, 3.05) is 16.9 Å². The first-order chi connectivity index (χ1) is 10.1. The summed E-state index contributed by atoms with van der Waals surface area (Å²) in [6, 6.07) is 7.96. The number of fused-ring (bicyclic) bond motifs is 1. The van der Waals surface area contributed by atoms with Gasteiger partial charge in [-0.25, -0.2) is 9.59 Å². The predicted octanol–water partition coefficient (Wildman–Crippen LogP) is 2.23. The maximum absolute atomic E-state index is 12.2. The lowest BCUT2D eigenvalue weighted by Gasteiger charge is -2.21. The second-order valence-corrected chi connectivity index (χ2v) is 5.66. The van der Waals surface area contributed by atoms with E-state index >= 15 is 0 Å². The number of hydrogen-bond acceptors (Lipinski definition) is 4. The van der Waals surface area contributed by atoms with Gasteiger partial charge in [-0.3, -0.25) is 4.98 Å². The van der Waals surface area contributed by atoms with Crippen LogP contribution in [0.5, 0.6) is 0 Å². The molecule has 3 rings (SSSR count). The minimum absolute atomic E-state index is 0.387. The number of pyridine rings is 1. The number of carbonyl (C=O) groups excluding carboxylic acids is 1. The molecule has 0 aliphatic carbocycles. The third-order valence-corrected chi connectivity index (χ3v) is 4.29. The van der Waals surface area contributed by atoms with Gasteiger partial charge in [0.05, 0.1) is 11.4 Å². The lowest BCUT2D eigenvalue weighted by Crippen LogP contribution is -2.43. The van der Waals surface area contributed by atoms with Crippen LogP contribution in [0.3, 0.4) is 0 Å². The molecular weight excluding hydrogens is 290 g/mol. The first-order valence-corrected chi connectivity index (χ1v) is 7.53. The molecule has 0 spiro atoms. The van der Waals surface area contributed by atoms with Crippen LogP contribution in [0.4, 0.5) is 10.5 Å². The van der Waals surface area contributed by atoms with Gasteiger partial charge in [0.2, 0.25) is 0 Å². The van der Waals surface area contributed by atoms with Crippen molar-refractivity contribution in [3.8, 4) is 0 Å². The summed E-state index contributed by atoms with van der Waals surface area (Å²) in [7, 11) is 0. The van der Waals surface area contributed by atoms with Crippen molar-refractivity contribution in [1.29, 1.82) is 0 Å². The monoisotopic (exact) mass is 303 g/mol. The van der Waals surface area contributed by atoms with Crippen molar-refractivity contribution in [3.05, 3.63) is 36.5 Å². The van der Waals surface area contributed by atoms with E-state index in [1.165, 1.54) is 16.7 Å². The molecule has 1 aromatic heterocycles. The zero-order valence-electron chi connectivity index (χ0n) is 11.0. The highest BCUT2D eigenvalue weighted by atomic mass is 32.2. The number of rotatable bonds is 2. The van der Waals surface area contributed by atoms with Gasteiger partial charge in [-0.2, -0.15) is 0 Å². The quantitative estimate of drug-likeness (QED) is 0.889. The number of aliphatic carboxylic acids is 1. The fourth-order valence-corrected chi connectivity index (χ4v) is 3.34. The lowest BCUT2D eigenvalue weighted by atomic mass is 10.2. The molecule has 1 unspecified atom stereocenters. The van der Waals surface area contributed by atoms with Crippen LogP contribution in [-0.2, 0) is 4.79 Å². The Morgan fingerprint density at radius 3 is 3.05 bits per heavy atom. The average molecular weight is 303 g/mol. The molecule has 108 valence electrons. The number of carboxylic acids is 1. The number of amides is 2. The Labute approximate surface area is 125 Å². The molecule has 1 fully saturated rings. The van der Waals surface area contributed by atoms with E-state index in [-0.39, 0.29) is 0 Å². The number of nitrogens with one attached hydrogen (secondary N) is 1. The summed E-state index contributed by atoms with van der Waals surface area (Å²) in [4.78, 5) is 28.8. The van der Waals surface area contributed by atoms with E-state index in [4.69, 9.17) is 5.11 Å². The summed E-state index contributed by atoms with van der Waals surface area (Å²) in [5.41, 5.74) is 1.47. The molecule has 1 atom stereocenters. The number of thioether (sulfide) groups is 1. The number of benzene rings is 1. The number of urea groups is 1. The second kappa shape index (κ2) is 5.61. The van der Waals surface area contributed by atoms with Crippen molar-refractivity contribution < 1.29 is 14.7 Å². The molecule has 2 amide bonds. The number of hydrogen-bond donors (Lipinski definition) is 2. The SMILES string of the molecule is O=C(O)C1CSCN1C(=O)Nc1ccc2ncccc2c1. The molecule has 7 heteroatoms. The van der Waals surface area contributed by atoms with Gasteiger partial charge in [0.25, 0.3) is 0 Å². The van der Waals surface area contributed by atoms with Crippen LogP contribution in [0.1, 0.15) is 0 Å². The van der Waals surface area contributed by atoms with E-state index in [1.807, 2.05) is 24.3 Å². The topological polar surface area (TPSA) is 82.5 Å². The molecule has 0 bridgehead atoms. The zero-order valence-corrected chi connectivity index (χ0v) is 11.8. The summed E-state index contributed by atoms with van der Waals surface area (Å²) in [5.74, 6) is -0.166. The van der Waals surface area contributed by atoms with Crippen molar-refractivity contribution in [1.82, 2.24) is 9.88 Å². The Morgan fingerprint density at radius 1 is 1.38 bits per heavy atom. The largest absolute Gasteiger partial charge is 0.480 e. The van der Waals surface area contributed by atoms with Crippen LogP contribution in [0.15, 0.2) is 36.5 Å². The highest BCUT2D eigenvalue weighted by molar-refractivity contribution is 7.99. The van der Waals surface area contributed by atoms with Crippen LogP contribution in [0.25, 0.3) is 10.9 Å². The Kier molecular flexibility index (Phi) is 3.66. The molecule has 6 nitrogen and oxygen atoms in total. The molecule has 1 saturated heterocycles. The average Bonchev–Trinajstić information content (AvgIpc) is 2.97. The molecule has 1 aromatic carbocycles.